The molecule has 2 heterocycles. The van der Waals surface area contributed by atoms with Crippen LogP contribution in [-0.2, 0) is 19.1 Å². The number of amides is 3. The van der Waals surface area contributed by atoms with Gasteiger partial charge in [0, 0.05) is 0 Å². The maximum Gasteiger partial charge on any atom is 0.337 e. The zero-order valence-electron chi connectivity index (χ0n) is 16.7. The number of benzene rings is 2. The van der Waals surface area contributed by atoms with Crippen molar-refractivity contribution in [3.8, 4) is 0 Å². The molecule has 0 aliphatic carbocycles. The van der Waals surface area contributed by atoms with Crippen molar-refractivity contribution in [3.63, 3.8) is 0 Å². The topological polar surface area (TPSA) is 127 Å². The first-order valence-electron chi connectivity index (χ1n) is 9.34. The van der Waals surface area contributed by atoms with Gasteiger partial charge < -0.3 is 15.4 Å². The number of methoxy groups -OCH3 is 1. The number of rotatable bonds is 5. The van der Waals surface area contributed by atoms with Gasteiger partial charge in [0.15, 0.2) is 10.3 Å². The van der Waals surface area contributed by atoms with Crippen LogP contribution < -0.4 is 10.6 Å². The van der Waals surface area contributed by atoms with E-state index in [-0.39, 0.29) is 16.8 Å². The van der Waals surface area contributed by atoms with Gasteiger partial charge in [-0.3, -0.25) is 14.4 Å². The molecule has 2 N–H and O–H groups in total. The number of carbonyl (C=O) groups is 4. The molecule has 0 saturated heterocycles. The normalized spacial score (nSPS) is 15.8. The summed E-state index contributed by atoms with van der Waals surface area (Å²) < 4.78 is 5.42. The molecule has 0 bridgehead atoms. The molecule has 1 aliphatic rings. The summed E-state index contributed by atoms with van der Waals surface area (Å²) in [4.78, 5) is 56.9. The lowest BCUT2D eigenvalue weighted by Gasteiger charge is -2.19. The Morgan fingerprint density at radius 2 is 1.97 bits per heavy atom. The lowest BCUT2D eigenvalue weighted by molar-refractivity contribution is -0.129. The summed E-state index contributed by atoms with van der Waals surface area (Å²) in [6.07, 6.45) is 0. The van der Waals surface area contributed by atoms with Crippen molar-refractivity contribution in [2.24, 2.45) is 4.99 Å². The Balaban J connectivity index is 1.37. The number of hydrogen-bond acceptors (Lipinski definition) is 8. The first-order valence-corrected chi connectivity index (χ1v) is 11.1. The number of thiazole rings is 1. The fraction of sp³-hybridized carbons (Fsp3) is 0.143. The third-order valence-corrected chi connectivity index (χ3v) is 6.29. The highest BCUT2D eigenvalue weighted by Gasteiger charge is 2.33. The zero-order valence-corrected chi connectivity index (χ0v) is 18.3. The number of ether oxygens (including phenoxy) is 1. The molecule has 0 radical (unpaired) electrons. The Kier molecular flexibility index (Phi) is 6.28. The number of nitrogens with one attached hydrogen (secondary N) is 2. The van der Waals surface area contributed by atoms with E-state index in [1.54, 1.807) is 48.5 Å². The number of aromatic nitrogens is 1. The minimum Gasteiger partial charge on any atom is -0.465 e. The maximum atomic E-state index is 12.4. The molecule has 32 heavy (non-hydrogen) atoms. The summed E-state index contributed by atoms with van der Waals surface area (Å²) in [7, 11) is 1.30. The lowest BCUT2D eigenvalue weighted by atomic mass is 9.97. The second-order valence-corrected chi connectivity index (χ2v) is 8.61. The molecule has 4 rings (SSSR count). The zero-order chi connectivity index (χ0) is 22.7. The summed E-state index contributed by atoms with van der Waals surface area (Å²) in [5.41, 5.74) is 1.58. The highest BCUT2D eigenvalue weighted by molar-refractivity contribution is 8.14. The molecule has 2 aromatic carbocycles. The molecule has 3 aromatic rings. The number of hydrogen-bond donors (Lipinski definition) is 2. The van der Waals surface area contributed by atoms with E-state index in [9.17, 15) is 19.2 Å². The second kappa shape index (κ2) is 9.28. The summed E-state index contributed by atoms with van der Waals surface area (Å²) >= 11 is 2.16. The van der Waals surface area contributed by atoms with Crippen LogP contribution in [0.1, 0.15) is 21.8 Å². The van der Waals surface area contributed by atoms with Gasteiger partial charge in [-0.1, -0.05) is 53.4 Å². The van der Waals surface area contributed by atoms with E-state index in [0.717, 1.165) is 16.5 Å². The third-order valence-electron chi connectivity index (χ3n) is 4.48. The van der Waals surface area contributed by atoms with Crippen molar-refractivity contribution in [1.29, 1.82) is 0 Å². The maximum absolute atomic E-state index is 12.4. The van der Waals surface area contributed by atoms with Gasteiger partial charge in [-0.05, 0) is 23.8 Å². The molecular weight excluding hydrogens is 452 g/mol. The number of amidine groups is 1. The fourth-order valence-corrected chi connectivity index (χ4v) is 4.59. The SMILES string of the molecule is COC(=O)c1ccc2nc(NC(=O)CSC3=NC(=O)C(c4ccccc4)C(=O)N3)sc2c1. The minimum absolute atomic E-state index is 0.0776. The van der Waals surface area contributed by atoms with Crippen LogP contribution in [0.2, 0.25) is 0 Å². The smallest absolute Gasteiger partial charge is 0.337 e. The van der Waals surface area contributed by atoms with Gasteiger partial charge in [0.2, 0.25) is 11.8 Å². The van der Waals surface area contributed by atoms with E-state index in [2.05, 4.69) is 20.6 Å². The number of aliphatic imine (C=N–C) groups is 1. The van der Waals surface area contributed by atoms with E-state index >= 15 is 0 Å². The number of anilines is 1. The van der Waals surface area contributed by atoms with Crippen LogP contribution in [0, 0.1) is 0 Å². The van der Waals surface area contributed by atoms with Crippen LogP contribution in [0.3, 0.4) is 0 Å². The summed E-state index contributed by atoms with van der Waals surface area (Å²) in [5.74, 6) is -2.96. The van der Waals surface area contributed by atoms with Crippen LogP contribution in [0.4, 0.5) is 5.13 Å². The highest BCUT2D eigenvalue weighted by Crippen LogP contribution is 2.27. The van der Waals surface area contributed by atoms with Crippen molar-refractivity contribution in [1.82, 2.24) is 10.3 Å². The van der Waals surface area contributed by atoms with Gasteiger partial charge in [-0.15, -0.1) is 0 Å². The van der Waals surface area contributed by atoms with Crippen LogP contribution in [0.25, 0.3) is 10.2 Å². The van der Waals surface area contributed by atoms with Gasteiger partial charge in [0.05, 0.1) is 28.6 Å². The van der Waals surface area contributed by atoms with Gasteiger partial charge in [0.1, 0.15) is 5.92 Å². The molecule has 1 unspecified atom stereocenters. The van der Waals surface area contributed by atoms with Crippen LogP contribution in [0.5, 0.6) is 0 Å². The minimum atomic E-state index is -0.994. The van der Waals surface area contributed by atoms with Crippen LogP contribution in [0.15, 0.2) is 53.5 Å². The van der Waals surface area contributed by atoms with Gasteiger partial charge in [0.25, 0.3) is 5.91 Å². The largest absolute Gasteiger partial charge is 0.465 e. The quantitative estimate of drug-likeness (QED) is 0.435. The van der Waals surface area contributed by atoms with Crippen molar-refractivity contribution >= 4 is 67.3 Å². The van der Waals surface area contributed by atoms with E-state index in [0.29, 0.717) is 21.8 Å². The molecular formula is C21H16N4O5S2. The molecule has 1 aromatic heterocycles. The average molecular weight is 469 g/mol. The molecule has 3 amide bonds. The Morgan fingerprint density at radius 3 is 2.69 bits per heavy atom. The van der Waals surface area contributed by atoms with Crippen LogP contribution in [-0.4, -0.2) is 46.7 Å². The number of thioether (sulfide) groups is 1. The molecule has 9 nitrogen and oxygen atoms in total. The summed E-state index contributed by atoms with van der Waals surface area (Å²) in [6.45, 7) is 0. The van der Waals surface area contributed by atoms with Crippen molar-refractivity contribution in [3.05, 3.63) is 59.7 Å². The van der Waals surface area contributed by atoms with Crippen molar-refractivity contribution in [2.45, 2.75) is 5.92 Å². The molecule has 0 saturated carbocycles. The molecule has 162 valence electrons. The number of carbonyl (C=O) groups excluding carboxylic acids is 4. The Labute approximate surface area is 190 Å². The monoisotopic (exact) mass is 468 g/mol. The lowest BCUT2D eigenvalue weighted by Crippen LogP contribution is -2.41. The summed E-state index contributed by atoms with van der Waals surface area (Å²) in [6, 6.07) is 13.6. The Morgan fingerprint density at radius 1 is 1.19 bits per heavy atom. The van der Waals surface area contributed by atoms with E-state index < -0.39 is 23.7 Å². The predicted octanol–water partition coefficient (Wildman–Crippen LogP) is 2.55. The van der Waals surface area contributed by atoms with Gasteiger partial charge in [-0.2, -0.15) is 4.99 Å². The Bertz CT molecular complexity index is 1260. The molecule has 1 aliphatic heterocycles. The standard InChI is InChI=1S/C21H16N4O5S2/c1-30-19(29)12-7-8-13-14(9-12)32-21(22-13)23-15(26)10-31-20-24-17(27)16(18(28)25-20)11-5-3-2-4-6-11/h2-9,16H,10H2,1H3,(H,22,23,26)(H,24,25,27,28). The van der Waals surface area contributed by atoms with E-state index in [1.165, 1.54) is 18.4 Å². The fourth-order valence-electron chi connectivity index (χ4n) is 3.00. The van der Waals surface area contributed by atoms with Gasteiger partial charge >= 0.3 is 5.97 Å². The first-order chi connectivity index (χ1) is 15.4. The van der Waals surface area contributed by atoms with E-state index in [1.807, 2.05) is 0 Å². The summed E-state index contributed by atoms with van der Waals surface area (Å²) in [5, 5.41) is 5.69. The number of esters is 1. The molecule has 1 atom stereocenters. The molecule has 11 heteroatoms. The second-order valence-electron chi connectivity index (χ2n) is 6.62. The number of nitrogens with zero attached hydrogens (tertiary/aromatic N) is 2. The average Bonchev–Trinajstić information content (AvgIpc) is 3.18. The Hall–Kier alpha value is -3.57. The number of fused-ring (bicyclic) bond motifs is 1. The van der Waals surface area contributed by atoms with E-state index in [4.69, 9.17) is 4.74 Å². The predicted molar refractivity (Wildman–Crippen MR) is 122 cm³/mol. The van der Waals surface area contributed by atoms with Crippen molar-refractivity contribution < 1.29 is 23.9 Å². The van der Waals surface area contributed by atoms with Gasteiger partial charge in [-0.25, -0.2) is 9.78 Å². The highest BCUT2D eigenvalue weighted by atomic mass is 32.2. The molecule has 0 spiro atoms. The van der Waals surface area contributed by atoms with Crippen LogP contribution >= 0.6 is 23.1 Å². The first kappa shape index (κ1) is 21.7. The molecule has 0 fully saturated rings. The third kappa shape index (κ3) is 4.68. The van der Waals surface area contributed by atoms with Crippen molar-refractivity contribution in [2.75, 3.05) is 18.2 Å².